The van der Waals surface area contributed by atoms with Gasteiger partial charge < -0.3 is 14.1 Å². The third kappa shape index (κ3) is 3.56. The van der Waals surface area contributed by atoms with E-state index >= 15 is 0 Å². The van der Waals surface area contributed by atoms with Gasteiger partial charge in [-0.05, 0) is 36.4 Å². The van der Waals surface area contributed by atoms with Crippen molar-refractivity contribution < 1.29 is 13.9 Å². The lowest BCUT2D eigenvalue weighted by Gasteiger charge is -2.30. The van der Waals surface area contributed by atoms with Gasteiger partial charge in [0.05, 0.1) is 0 Å². The second kappa shape index (κ2) is 7.59. The number of amides is 1. The molecule has 0 aliphatic carbocycles. The summed E-state index contributed by atoms with van der Waals surface area (Å²) in [4.78, 5) is 19.1. The predicted octanol–water partition coefficient (Wildman–Crippen LogP) is 4.77. The number of benzene rings is 3. The van der Waals surface area contributed by atoms with Crippen molar-refractivity contribution in [3.05, 3.63) is 72.6 Å². The van der Waals surface area contributed by atoms with Crippen molar-refractivity contribution in [1.82, 2.24) is 9.88 Å². The monoisotopic (exact) mass is 386 g/mol. The van der Waals surface area contributed by atoms with E-state index in [0.29, 0.717) is 13.1 Å². The van der Waals surface area contributed by atoms with Crippen molar-refractivity contribution in [2.45, 2.75) is 18.8 Å². The zero-order valence-corrected chi connectivity index (χ0v) is 16.1. The van der Waals surface area contributed by atoms with Crippen molar-refractivity contribution in [3.8, 4) is 5.75 Å². The van der Waals surface area contributed by atoms with E-state index in [-0.39, 0.29) is 18.4 Å². The van der Waals surface area contributed by atoms with Crippen LogP contribution in [0, 0.1) is 0 Å². The molecule has 2 heterocycles. The first-order valence-electron chi connectivity index (χ1n) is 10.0. The number of aromatic nitrogens is 1. The number of rotatable bonds is 4. The molecular weight excluding hydrogens is 364 g/mol. The SMILES string of the molecule is O=C(COc1cccc2ccccc12)N1CCC(c2nc3ccccc3o2)CC1. The summed E-state index contributed by atoms with van der Waals surface area (Å²) >= 11 is 0. The second-order valence-electron chi connectivity index (χ2n) is 7.44. The molecule has 0 bridgehead atoms. The number of piperidine rings is 1. The molecule has 1 aromatic heterocycles. The Morgan fingerprint density at radius 2 is 1.76 bits per heavy atom. The van der Waals surface area contributed by atoms with Crippen LogP contribution in [0.1, 0.15) is 24.7 Å². The summed E-state index contributed by atoms with van der Waals surface area (Å²) in [5, 5.41) is 2.13. The summed E-state index contributed by atoms with van der Waals surface area (Å²) < 4.78 is 11.8. The maximum atomic E-state index is 12.7. The largest absolute Gasteiger partial charge is 0.483 e. The van der Waals surface area contributed by atoms with Crippen LogP contribution in [0.3, 0.4) is 0 Å². The summed E-state index contributed by atoms with van der Waals surface area (Å²) in [5.74, 6) is 1.81. The van der Waals surface area contributed by atoms with Crippen LogP contribution < -0.4 is 4.74 Å². The van der Waals surface area contributed by atoms with Crippen molar-refractivity contribution in [2.75, 3.05) is 19.7 Å². The second-order valence-corrected chi connectivity index (χ2v) is 7.44. The van der Waals surface area contributed by atoms with Gasteiger partial charge in [-0.1, -0.05) is 48.5 Å². The molecule has 1 aliphatic rings. The predicted molar refractivity (Wildman–Crippen MR) is 112 cm³/mol. The Labute approximate surface area is 168 Å². The van der Waals surface area contributed by atoms with E-state index in [9.17, 15) is 4.79 Å². The molecule has 1 fully saturated rings. The van der Waals surface area contributed by atoms with Crippen molar-refractivity contribution in [2.24, 2.45) is 0 Å². The summed E-state index contributed by atoms with van der Waals surface area (Å²) in [5.41, 5.74) is 1.72. The molecule has 146 valence electrons. The van der Waals surface area contributed by atoms with Gasteiger partial charge in [-0.15, -0.1) is 0 Å². The summed E-state index contributed by atoms with van der Waals surface area (Å²) in [7, 11) is 0. The third-order valence-electron chi connectivity index (χ3n) is 5.61. The number of fused-ring (bicyclic) bond motifs is 2. The van der Waals surface area contributed by atoms with Crippen molar-refractivity contribution in [3.63, 3.8) is 0 Å². The van der Waals surface area contributed by atoms with E-state index in [1.807, 2.05) is 71.6 Å². The fourth-order valence-corrected chi connectivity index (χ4v) is 3.99. The van der Waals surface area contributed by atoms with Crippen LogP contribution >= 0.6 is 0 Å². The average molecular weight is 386 g/mol. The third-order valence-corrected chi connectivity index (χ3v) is 5.61. The highest BCUT2D eigenvalue weighted by Crippen LogP contribution is 2.30. The minimum atomic E-state index is 0.0222. The molecule has 1 amide bonds. The van der Waals surface area contributed by atoms with Gasteiger partial charge in [-0.25, -0.2) is 4.98 Å². The molecule has 5 heteroatoms. The van der Waals surface area contributed by atoms with E-state index in [1.165, 1.54) is 0 Å². The topological polar surface area (TPSA) is 55.6 Å². The number of carbonyl (C=O) groups is 1. The number of para-hydroxylation sites is 2. The maximum Gasteiger partial charge on any atom is 0.260 e. The Morgan fingerprint density at radius 1 is 1.00 bits per heavy atom. The van der Waals surface area contributed by atoms with Crippen molar-refractivity contribution >= 4 is 27.8 Å². The number of hydrogen-bond donors (Lipinski definition) is 0. The minimum Gasteiger partial charge on any atom is -0.483 e. The average Bonchev–Trinajstić information content (AvgIpc) is 3.22. The summed E-state index contributed by atoms with van der Waals surface area (Å²) in [6.45, 7) is 1.45. The molecule has 1 aliphatic heterocycles. The number of hydrogen-bond acceptors (Lipinski definition) is 4. The number of likely N-dealkylation sites (tertiary alicyclic amines) is 1. The quantitative estimate of drug-likeness (QED) is 0.507. The smallest absolute Gasteiger partial charge is 0.260 e. The molecule has 0 atom stereocenters. The van der Waals surface area contributed by atoms with Gasteiger partial charge >= 0.3 is 0 Å². The van der Waals surface area contributed by atoms with Crippen LogP contribution in [0.5, 0.6) is 5.75 Å². The molecule has 0 radical (unpaired) electrons. The normalized spacial score (nSPS) is 15.1. The fourth-order valence-electron chi connectivity index (χ4n) is 3.99. The maximum absolute atomic E-state index is 12.7. The van der Waals surface area contributed by atoms with Gasteiger partial charge in [0.1, 0.15) is 11.3 Å². The van der Waals surface area contributed by atoms with Gasteiger partial charge in [0.25, 0.3) is 5.91 Å². The molecular formula is C24H22N2O3. The van der Waals surface area contributed by atoms with Gasteiger partial charge in [-0.3, -0.25) is 4.79 Å². The Kier molecular flexibility index (Phi) is 4.64. The highest BCUT2D eigenvalue weighted by molar-refractivity contribution is 5.88. The van der Waals surface area contributed by atoms with E-state index < -0.39 is 0 Å². The van der Waals surface area contributed by atoms with Crippen LogP contribution in [0.4, 0.5) is 0 Å². The first-order valence-corrected chi connectivity index (χ1v) is 10.0. The molecule has 0 saturated carbocycles. The highest BCUT2D eigenvalue weighted by atomic mass is 16.5. The van der Waals surface area contributed by atoms with E-state index in [0.717, 1.165) is 46.4 Å². The van der Waals surface area contributed by atoms with E-state index in [4.69, 9.17) is 9.15 Å². The zero-order chi connectivity index (χ0) is 19.6. The number of ether oxygens (including phenoxy) is 1. The lowest BCUT2D eigenvalue weighted by molar-refractivity contribution is -0.134. The number of nitrogens with zero attached hydrogens (tertiary/aromatic N) is 2. The molecule has 29 heavy (non-hydrogen) atoms. The van der Waals surface area contributed by atoms with Crippen molar-refractivity contribution in [1.29, 1.82) is 0 Å². The summed E-state index contributed by atoms with van der Waals surface area (Å²) in [6.07, 6.45) is 1.71. The van der Waals surface area contributed by atoms with Gasteiger partial charge in [0.15, 0.2) is 18.1 Å². The van der Waals surface area contributed by atoms with Gasteiger partial charge in [0, 0.05) is 24.4 Å². The molecule has 1 saturated heterocycles. The van der Waals surface area contributed by atoms with E-state index in [1.54, 1.807) is 0 Å². The Hall–Kier alpha value is -3.34. The standard InChI is InChI=1S/C24H22N2O3/c27-23(16-28-21-11-5-7-17-6-1-2-8-19(17)21)26-14-12-18(13-15-26)24-25-20-9-3-4-10-22(20)29-24/h1-11,18H,12-16H2. The Bertz CT molecular complexity index is 1120. The Balaban J connectivity index is 1.20. The van der Waals surface area contributed by atoms with Crippen LogP contribution in [0.2, 0.25) is 0 Å². The lowest BCUT2D eigenvalue weighted by atomic mass is 9.97. The van der Waals surface area contributed by atoms with Crippen LogP contribution in [-0.2, 0) is 4.79 Å². The summed E-state index contributed by atoms with van der Waals surface area (Å²) in [6, 6.07) is 21.8. The first kappa shape index (κ1) is 17.7. The zero-order valence-electron chi connectivity index (χ0n) is 16.1. The molecule has 5 nitrogen and oxygen atoms in total. The molecule has 3 aromatic carbocycles. The van der Waals surface area contributed by atoms with Crippen LogP contribution in [0.25, 0.3) is 21.9 Å². The fraction of sp³-hybridized carbons (Fsp3) is 0.250. The Morgan fingerprint density at radius 3 is 2.62 bits per heavy atom. The molecule has 5 rings (SSSR count). The highest BCUT2D eigenvalue weighted by Gasteiger charge is 2.27. The minimum absolute atomic E-state index is 0.0222. The van der Waals surface area contributed by atoms with Gasteiger partial charge in [-0.2, -0.15) is 0 Å². The molecule has 0 unspecified atom stereocenters. The number of carbonyl (C=O) groups excluding carboxylic acids is 1. The van der Waals surface area contributed by atoms with Crippen LogP contribution in [0.15, 0.2) is 71.1 Å². The number of oxazole rings is 1. The lowest BCUT2D eigenvalue weighted by Crippen LogP contribution is -2.40. The molecule has 0 spiro atoms. The van der Waals surface area contributed by atoms with Gasteiger partial charge in [0.2, 0.25) is 0 Å². The molecule has 4 aromatic rings. The van der Waals surface area contributed by atoms with E-state index in [2.05, 4.69) is 4.98 Å². The van der Waals surface area contributed by atoms with Crippen LogP contribution in [-0.4, -0.2) is 35.5 Å². The molecule has 0 N–H and O–H groups in total. The first-order chi connectivity index (χ1) is 14.3.